The summed E-state index contributed by atoms with van der Waals surface area (Å²) in [6, 6.07) is 6.05. The van der Waals surface area contributed by atoms with E-state index >= 15 is 0 Å². The third-order valence-corrected chi connectivity index (χ3v) is 5.18. The smallest absolute Gasteiger partial charge is 0.424 e. The molecule has 0 spiro atoms. The lowest BCUT2D eigenvalue weighted by molar-refractivity contribution is 0.415. The number of hydrogen-bond acceptors (Lipinski definition) is 5. The highest BCUT2D eigenvalue weighted by Gasteiger charge is 2.23. The van der Waals surface area contributed by atoms with Gasteiger partial charge in [0.25, 0.3) is 0 Å². The van der Waals surface area contributed by atoms with Crippen LogP contribution in [-0.4, -0.2) is 26.4 Å². The van der Waals surface area contributed by atoms with Crippen molar-refractivity contribution in [1.29, 1.82) is 0 Å². The summed E-state index contributed by atoms with van der Waals surface area (Å²) in [4.78, 5) is 11.1. The minimum absolute atomic E-state index is 0.0130. The quantitative estimate of drug-likeness (QED) is 0.652. The number of oxazole rings is 1. The zero-order valence-corrected chi connectivity index (χ0v) is 15.6. The molecule has 0 atom stereocenters. The second-order valence-electron chi connectivity index (χ2n) is 5.58. The Morgan fingerprint density at radius 1 is 1.15 bits per heavy atom. The van der Waals surface area contributed by atoms with E-state index in [-0.39, 0.29) is 22.0 Å². The molecule has 1 heterocycles. The minimum atomic E-state index is -4.11. The summed E-state index contributed by atoms with van der Waals surface area (Å²) in [5, 5.41) is 0.207. The van der Waals surface area contributed by atoms with Crippen LogP contribution in [-0.2, 0) is 9.84 Å². The van der Waals surface area contributed by atoms with E-state index in [1.807, 2.05) is 0 Å². The zero-order chi connectivity index (χ0) is 19.9. The van der Waals surface area contributed by atoms with E-state index < -0.39 is 32.1 Å². The molecule has 142 valence electrons. The van der Waals surface area contributed by atoms with Crippen molar-refractivity contribution in [2.75, 3.05) is 13.4 Å². The van der Waals surface area contributed by atoms with Gasteiger partial charge in [-0.05, 0) is 30.3 Å². The van der Waals surface area contributed by atoms with Gasteiger partial charge in [-0.3, -0.25) is 0 Å². The van der Waals surface area contributed by atoms with E-state index in [1.54, 1.807) is 0 Å². The molecule has 3 rings (SSSR count). The van der Waals surface area contributed by atoms with Gasteiger partial charge in [0, 0.05) is 11.8 Å². The van der Waals surface area contributed by atoms with Crippen LogP contribution in [0.5, 0.6) is 5.75 Å². The van der Waals surface area contributed by atoms with Gasteiger partial charge in [0.15, 0.2) is 9.84 Å². The molecule has 0 saturated carbocycles. The van der Waals surface area contributed by atoms with Crippen LogP contribution in [0, 0.1) is 11.6 Å². The molecule has 0 aliphatic carbocycles. The third kappa shape index (κ3) is 3.47. The van der Waals surface area contributed by atoms with E-state index in [9.17, 15) is 22.0 Å². The molecule has 3 aromatic rings. The Kier molecular flexibility index (Phi) is 4.83. The molecule has 6 nitrogen and oxygen atoms in total. The summed E-state index contributed by atoms with van der Waals surface area (Å²) in [6.45, 7) is 0. The van der Waals surface area contributed by atoms with Crippen LogP contribution in [0.25, 0.3) is 16.9 Å². The van der Waals surface area contributed by atoms with Crippen molar-refractivity contribution in [2.24, 2.45) is 0 Å². The van der Waals surface area contributed by atoms with Crippen molar-refractivity contribution in [3.05, 3.63) is 63.8 Å². The molecule has 2 aromatic carbocycles. The number of rotatable bonds is 4. The van der Waals surface area contributed by atoms with Crippen molar-refractivity contribution in [2.45, 2.75) is 4.90 Å². The molecular weight excluding hydrogens is 404 g/mol. The molecule has 27 heavy (non-hydrogen) atoms. The molecule has 0 radical (unpaired) electrons. The number of hydrogen-bond donors (Lipinski definition) is 0. The second kappa shape index (κ2) is 6.82. The number of aromatic nitrogens is 1. The van der Waals surface area contributed by atoms with Crippen LogP contribution >= 0.6 is 11.6 Å². The molecule has 1 aromatic heterocycles. The van der Waals surface area contributed by atoms with Crippen LogP contribution in [0.1, 0.15) is 0 Å². The summed E-state index contributed by atoms with van der Waals surface area (Å²) >= 11 is 6.06. The van der Waals surface area contributed by atoms with Crippen LogP contribution in [0.4, 0.5) is 8.78 Å². The lowest BCUT2D eigenvalue weighted by Gasteiger charge is -2.10. The normalized spacial score (nSPS) is 11.6. The Morgan fingerprint density at radius 2 is 1.78 bits per heavy atom. The number of halogens is 3. The average Bonchev–Trinajstić information content (AvgIpc) is 2.94. The number of ether oxygens (including phenoxy) is 1. The first kappa shape index (κ1) is 19.1. The summed E-state index contributed by atoms with van der Waals surface area (Å²) in [6.07, 6.45) is 1.70. The van der Waals surface area contributed by atoms with Gasteiger partial charge in [-0.2, -0.15) is 0 Å². The highest BCUT2D eigenvalue weighted by atomic mass is 35.5. The van der Waals surface area contributed by atoms with E-state index in [0.717, 1.165) is 23.0 Å². The first-order valence-electron chi connectivity index (χ1n) is 7.37. The van der Waals surface area contributed by atoms with Crippen molar-refractivity contribution < 1.29 is 26.4 Å². The van der Waals surface area contributed by atoms with Gasteiger partial charge in [-0.15, -0.1) is 0 Å². The Labute approximate surface area is 157 Å². The van der Waals surface area contributed by atoms with Gasteiger partial charge < -0.3 is 9.15 Å². The van der Waals surface area contributed by atoms with Gasteiger partial charge in [-0.25, -0.2) is 26.6 Å². The van der Waals surface area contributed by atoms with Crippen LogP contribution < -0.4 is 10.5 Å². The van der Waals surface area contributed by atoms with E-state index in [1.165, 1.54) is 25.3 Å². The lowest BCUT2D eigenvalue weighted by Crippen LogP contribution is -2.13. The van der Waals surface area contributed by atoms with Gasteiger partial charge >= 0.3 is 5.76 Å². The van der Waals surface area contributed by atoms with E-state index in [2.05, 4.69) is 0 Å². The number of benzene rings is 2. The van der Waals surface area contributed by atoms with E-state index in [4.69, 9.17) is 20.8 Å². The molecule has 0 aliphatic heterocycles. The lowest BCUT2D eigenvalue weighted by atomic mass is 10.1. The van der Waals surface area contributed by atoms with Gasteiger partial charge in [-0.1, -0.05) is 11.6 Å². The number of nitrogens with zero attached hydrogens (tertiary/aromatic N) is 1. The predicted molar refractivity (Wildman–Crippen MR) is 94.3 cm³/mol. The molecule has 0 saturated heterocycles. The van der Waals surface area contributed by atoms with Crippen molar-refractivity contribution in [3.63, 3.8) is 0 Å². The van der Waals surface area contributed by atoms with Crippen molar-refractivity contribution >= 4 is 21.4 Å². The second-order valence-corrected chi connectivity index (χ2v) is 7.94. The van der Waals surface area contributed by atoms with E-state index in [0.29, 0.717) is 12.0 Å². The highest BCUT2D eigenvalue weighted by Crippen LogP contribution is 2.31. The highest BCUT2D eigenvalue weighted by molar-refractivity contribution is 7.90. The fraction of sp³-hybridized carbons (Fsp3) is 0.118. The minimum Gasteiger partial charge on any atom is -0.495 e. The molecule has 0 bridgehead atoms. The van der Waals surface area contributed by atoms with Crippen molar-refractivity contribution in [1.82, 2.24) is 4.57 Å². The topological polar surface area (TPSA) is 78.5 Å². The first-order chi connectivity index (χ1) is 12.6. The SMILES string of the molecule is COc1ccc(-n2c(-c3cc(F)c(S(C)(=O)=O)c(F)c3)coc2=O)cc1Cl. The fourth-order valence-electron chi connectivity index (χ4n) is 2.61. The maximum atomic E-state index is 14.2. The van der Waals surface area contributed by atoms with Crippen LogP contribution in [0.2, 0.25) is 5.02 Å². The maximum absolute atomic E-state index is 14.2. The molecule has 0 amide bonds. The summed E-state index contributed by atoms with van der Waals surface area (Å²) in [5.41, 5.74) is 0.192. The van der Waals surface area contributed by atoms with Crippen LogP contribution in [0.15, 0.2) is 50.7 Å². The summed E-state index contributed by atoms with van der Waals surface area (Å²) in [5.74, 6) is -3.01. The molecular formula is C17H12ClF2NO5S. The largest absolute Gasteiger partial charge is 0.495 e. The van der Waals surface area contributed by atoms with Crippen molar-refractivity contribution in [3.8, 4) is 22.7 Å². The molecule has 0 aliphatic rings. The maximum Gasteiger partial charge on any atom is 0.424 e. The molecule has 0 unspecified atom stereocenters. The fourth-order valence-corrected chi connectivity index (χ4v) is 3.69. The van der Waals surface area contributed by atoms with Gasteiger partial charge in [0.2, 0.25) is 0 Å². The first-order valence-corrected chi connectivity index (χ1v) is 9.64. The number of methoxy groups -OCH3 is 1. The third-order valence-electron chi connectivity index (χ3n) is 3.75. The Morgan fingerprint density at radius 3 is 2.30 bits per heavy atom. The molecule has 0 fully saturated rings. The Hall–Kier alpha value is -2.65. The Balaban J connectivity index is 2.22. The predicted octanol–water partition coefficient (Wildman–Crippen LogP) is 3.44. The molecule has 0 N–H and O–H groups in total. The summed E-state index contributed by atoms with van der Waals surface area (Å²) < 4.78 is 62.4. The standard InChI is InChI=1S/C17H12ClF2NO5S/c1-25-15-4-3-10(7-11(15)18)21-14(8-26-17(21)22)9-5-12(19)16(13(20)6-9)27(2,23)24/h3-8H,1-2H3. The average molecular weight is 416 g/mol. The molecule has 10 heteroatoms. The summed E-state index contributed by atoms with van der Waals surface area (Å²) in [7, 11) is -2.68. The van der Waals surface area contributed by atoms with Gasteiger partial charge in [0.1, 0.15) is 28.5 Å². The number of sulfone groups is 1. The Bertz CT molecular complexity index is 1180. The monoisotopic (exact) mass is 415 g/mol. The van der Waals surface area contributed by atoms with Crippen LogP contribution in [0.3, 0.4) is 0 Å². The zero-order valence-electron chi connectivity index (χ0n) is 14.0. The van der Waals surface area contributed by atoms with Gasteiger partial charge in [0.05, 0.1) is 23.5 Å².